The van der Waals surface area contributed by atoms with E-state index in [9.17, 15) is 4.79 Å². The van der Waals surface area contributed by atoms with Crippen molar-refractivity contribution in [2.24, 2.45) is 0 Å². The molecule has 0 saturated carbocycles. The average molecular weight is 349 g/mol. The summed E-state index contributed by atoms with van der Waals surface area (Å²) in [5.74, 6) is -0.0579. The highest BCUT2D eigenvalue weighted by Gasteiger charge is 2.19. The molecule has 1 N–H and O–H groups in total. The van der Waals surface area contributed by atoms with Crippen LogP contribution >= 0.6 is 27.5 Å². The molecule has 0 atom stereocenters. The predicted octanol–water partition coefficient (Wildman–Crippen LogP) is 5.12. The van der Waals surface area contributed by atoms with Gasteiger partial charge >= 0.3 is 0 Å². The number of fused-ring (bicyclic) bond motifs is 1. The smallest absolute Gasteiger partial charge is 0.196 e. The van der Waals surface area contributed by atoms with Gasteiger partial charge in [0.15, 0.2) is 5.78 Å². The van der Waals surface area contributed by atoms with Crippen LogP contribution in [0.5, 0.6) is 0 Å². The predicted molar refractivity (Wildman–Crippen MR) is 85.6 cm³/mol. The topological polar surface area (TPSA) is 32.9 Å². The first-order valence-electron chi connectivity index (χ1n) is 6.15. The number of hydrogen-bond acceptors (Lipinski definition) is 1. The Labute approximate surface area is 129 Å². The second-order valence-corrected chi connectivity index (χ2v) is 5.95. The number of rotatable bonds is 2. The van der Waals surface area contributed by atoms with E-state index in [0.717, 1.165) is 21.1 Å². The van der Waals surface area contributed by atoms with E-state index in [-0.39, 0.29) is 5.78 Å². The summed E-state index contributed by atoms with van der Waals surface area (Å²) in [5.41, 5.74) is 3.02. The Kier molecular flexibility index (Phi) is 3.40. The lowest BCUT2D eigenvalue weighted by Gasteiger charge is -2.04. The van der Waals surface area contributed by atoms with Gasteiger partial charge in [0.05, 0.1) is 10.6 Å². The number of hydrogen-bond donors (Lipinski definition) is 1. The maximum Gasteiger partial charge on any atom is 0.196 e. The van der Waals surface area contributed by atoms with E-state index in [2.05, 4.69) is 20.9 Å². The first-order chi connectivity index (χ1) is 9.58. The van der Waals surface area contributed by atoms with Crippen molar-refractivity contribution in [3.63, 3.8) is 0 Å². The van der Waals surface area contributed by atoms with Crippen molar-refractivity contribution in [3.8, 4) is 0 Å². The lowest BCUT2D eigenvalue weighted by Crippen LogP contribution is -2.03. The number of para-hydroxylation sites is 1. The zero-order valence-electron chi connectivity index (χ0n) is 10.7. The van der Waals surface area contributed by atoms with Crippen molar-refractivity contribution in [1.82, 2.24) is 4.98 Å². The Hall–Kier alpha value is -1.58. The molecule has 1 aromatic heterocycles. The zero-order valence-corrected chi connectivity index (χ0v) is 13.0. The van der Waals surface area contributed by atoms with E-state index in [4.69, 9.17) is 11.6 Å². The molecule has 1 heterocycles. The summed E-state index contributed by atoms with van der Waals surface area (Å²) in [5, 5.41) is 1.38. The van der Waals surface area contributed by atoms with Crippen LogP contribution in [0.3, 0.4) is 0 Å². The van der Waals surface area contributed by atoms with Gasteiger partial charge in [0.1, 0.15) is 0 Å². The number of carbonyl (C=O) groups excluding carboxylic acids is 1. The number of aromatic amines is 1. The van der Waals surface area contributed by atoms with E-state index >= 15 is 0 Å². The van der Waals surface area contributed by atoms with E-state index in [1.54, 1.807) is 12.1 Å². The zero-order chi connectivity index (χ0) is 14.3. The van der Waals surface area contributed by atoms with Crippen LogP contribution < -0.4 is 0 Å². The highest BCUT2D eigenvalue weighted by molar-refractivity contribution is 9.10. The fraction of sp³-hybridized carbons (Fsp3) is 0.0625. The van der Waals surface area contributed by atoms with Crippen molar-refractivity contribution < 1.29 is 4.79 Å². The maximum atomic E-state index is 12.8. The summed E-state index contributed by atoms with van der Waals surface area (Å²) in [6, 6.07) is 13.1. The van der Waals surface area contributed by atoms with Gasteiger partial charge < -0.3 is 4.98 Å². The normalized spacial score (nSPS) is 10.9. The largest absolute Gasteiger partial charge is 0.358 e. The van der Waals surface area contributed by atoms with Gasteiger partial charge in [0, 0.05) is 26.6 Å². The molecule has 0 amide bonds. The molecule has 100 valence electrons. The van der Waals surface area contributed by atoms with Crippen LogP contribution in [0.2, 0.25) is 5.02 Å². The number of aromatic nitrogens is 1. The van der Waals surface area contributed by atoms with Gasteiger partial charge in [0.25, 0.3) is 0 Å². The third-order valence-corrected chi connectivity index (χ3v) is 4.10. The Morgan fingerprint density at radius 1 is 1.20 bits per heavy atom. The Balaban J connectivity index is 2.20. The van der Waals surface area contributed by atoms with Crippen LogP contribution in [-0.4, -0.2) is 10.8 Å². The molecule has 20 heavy (non-hydrogen) atoms. The number of aryl methyl sites for hydroxylation is 1. The van der Waals surface area contributed by atoms with E-state index in [0.29, 0.717) is 16.1 Å². The molecule has 2 aromatic carbocycles. The molecule has 2 nitrogen and oxygen atoms in total. The first kappa shape index (κ1) is 13.4. The monoisotopic (exact) mass is 347 g/mol. The van der Waals surface area contributed by atoms with Crippen molar-refractivity contribution in [3.05, 3.63) is 68.8 Å². The molecule has 0 spiro atoms. The molecule has 0 bridgehead atoms. The molecule has 0 saturated heterocycles. The van der Waals surface area contributed by atoms with E-state index < -0.39 is 0 Å². The maximum absolute atomic E-state index is 12.8. The van der Waals surface area contributed by atoms with Crippen molar-refractivity contribution >= 4 is 44.2 Å². The molecule has 3 rings (SSSR count). The van der Waals surface area contributed by atoms with Gasteiger partial charge in [-0.05, 0) is 31.2 Å². The van der Waals surface area contributed by atoms with Crippen LogP contribution in [0.15, 0.2) is 46.9 Å². The molecule has 4 heteroatoms. The Morgan fingerprint density at radius 3 is 2.70 bits per heavy atom. The fourth-order valence-corrected chi connectivity index (χ4v) is 3.14. The number of carbonyl (C=O) groups is 1. The molecule has 0 unspecified atom stereocenters. The number of nitrogens with one attached hydrogen (secondary N) is 1. The minimum absolute atomic E-state index is 0.0579. The number of benzene rings is 2. The van der Waals surface area contributed by atoms with Crippen LogP contribution in [0, 0.1) is 6.92 Å². The molecule has 0 fully saturated rings. The highest BCUT2D eigenvalue weighted by atomic mass is 79.9. The molecule has 0 aliphatic carbocycles. The molecular weight excluding hydrogens is 338 g/mol. The van der Waals surface area contributed by atoms with E-state index in [1.165, 1.54) is 0 Å². The average Bonchev–Trinajstić information content (AvgIpc) is 2.73. The van der Waals surface area contributed by atoms with Crippen molar-refractivity contribution in [2.75, 3.05) is 0 Å². The molecule has 0 radical (unpaired) electrons. The van der Waals surface area contributed by atoms with Crippen LogP contribution in [0.1, 0.15) is 21.6 Å². The van der Waals surface area contributed by atoms with Gasteiger partial charge in [-0.2, -0.15) is 0 Å². The molecule has 0 aliphatic heterocycles. The lowest BCUT2D eigenvalue weighted by molar-refractivity contribution is 0.104. The highest BCUT2D eigenvalue weighted by Crippen LogP contribution is 2.28. The summed E-state index contributed by atoms with van der Waals surface area (Å²) >= 11 is 9.53. The molecular formula is C16H11BrClNO. The fourth-order valence-electron chi connectivity index (χ4n) is 2.38. The van der Waals surface area contributed by atoms with Crippen molar-refractivity contribution in [2.45, 2.75) is 6.92 Å². The second-order valence-electron chi connectivity index (χ2n) is 4.62. The Morgan fingerprint density at radius 2 is 1.95 bits per heavy atom. The van der Waals surface area contributed by atoms with Crippen LogP contribution in [-0.2, 0) is 0 Å². The van der Waals surface area contributed by atoms with Gasteiger partial charge in [-0.15, -0.1) is 0 Å². The lowest BCUT2D eigenvalue weighted by atomic mass is 10.0. The standard InChI is InChI=1S/C16H11BrClNO/c1-9-15(12-4-2-3-5-14(12)19-9)16(20)11-7-6-10(17)8-13(11)18/h2-8,19H,1H3. The quantitative estimate of drug-likeness (QED) is 0.640. The van der Waals surface area contributed by atoms with Gasteiger partial charge in [-0.25, -0.2) is 0 Å². The SMILES string of the molecule is Cc1[nH]c2ccccc2c1C(=O)c1ccc(Br)cc1Cl. The summed E-state index contributed by atoms with van der Waals surface area (Å²) in [4.78, 5) is 16.0. The van der Waals surface area contributed by atoms with Gasteiger partial charge in [-0.3, -0.25) is 4.79 Å². The summed E-state index contributed by atoms with van der Waals surface area (Å²) in [6.07, 6.45) is 0. The van der Waals surface area contributed by atoms with Crippen LogP contribution in [0.4, 0.5) is 0 Å². The summed E-state index contributed by atoms with van der Waals surface area (Å²) < 4.78 is 0.856. The van der Waals surface area contributed by atoms with Gasteiger partial charge in [-0.1, -0.05) is 45.7 Å². The Bertz CT molecular complexity index is 822. The number of ketones is 1. The first-order valence-corrected chi connectivity index (χ1v) is 7.32. The van der Waals surface area contributed by atoms with Gasteiger partial charge in [0.2, 0.25) is 0 Å². The molecule has 0 aliphatic rings. The van der Waals surface area contributed by atoms with Crippen molar-refractivity contribution in [1.29, 1.82) is 0 Å². The minimum atomic E-state index is -0.0579. The third-order valence-electron chi connectivity index (χ3n) is 3.30. The minimum Gasteiger partial charge on any atom is -0.358 e. The summed E-state index contributed by atoms with van der Waals surface area (Å²) in [6.45, 7) is 1.90. The second kappa shape index (κ2) is 5.08. The molecule has 3 aromatic rings. The number of H-pyrrole nitrogens is 1. The van der Waals surface area contributed by atoms with E-state index in [1.807, 2.05) is 37.3 Å². The summed E-state index contributed by atoms with van der Waals surface area (Å²) in [7, 11) is 0. The number of halogens is 2. The third kappa shape index (κ3) is 2.17. The van der Waals surface area contributed by atoms with Crippen LogP contribution in [0.25, 0.3) is 10.9 Å².